The zero-order valence-corrected chi connectivity index (χ0v) is 18.0. The molecule has 20 heavy (non-hydrogen) atoms. The maximum absolute atomic E-state index is 2.74. The zero-order valence-electron chi connectivity index (χ0n) is 15.7. The molecule has 0 spiro atoms. The van der Waals surface area contributed by atoms with Gasteiger partial charge in [-0.1, -0.05) is 0 Å². The summed E-state index contributed by atoms with van der Waals surface area (Å²) in [6, 6.07) is 2.42. The monoisotopic (exact) mass is 398 g/mol. The molecule has 0 heterocycles. The average Bonchev–Trinajstić information content (AvgIpc) is 2.11. The van der Waals surface area contributed by atoms with Crippen LogP contribution in [0, 0.1) is 0 Å². The summed E-state index contributed by atoms with van der Waals surface area (Å²) < 4.78 is 0.472. The van der Waals surface area contributed by atoms with Gasteiger partial charge in [-0.05, 0) is 0 Å². The predicted octanol–water partition coefficient (Wildman–Crippen LogP) is 4.13. The minimum absolute atomic E-state index is 0.157. The molecule has 0 aromatic carbocycles. The van der Waals surface area contributed by atoms with Crippen LogP contribution < -0.4 is 0 Å². The Kier molecular flexibility index (Phi) is 8.74. The first-order valence-electron chi connectivity index (χ1n) is 8.11. The van der Waals surface area contributed by atoms with E-state index in [9.17, 15) is 0 Å². The van der Waals surface area contributed by atoms with Crippen LogP contribution in [0.5, 0.6) is 0 Å². The van der Waals surface area contributed by atoms with Crippen molar-refractivity contribution in [3.63, 3.8) is 0 Å². The van der Waals surface area contributed by atoms with Crippen molar-refractivity contribution in [2.24, 2.45) is 0 Å². The van der Waals surface area contributed by atoms with Crippen LogP contribution in [-0.4, -0.2) is 59.4 Å². The molecule has 0 aliphatic rings. The second kappa shape index (κ2) is 8.42. The van der Waals surface area contributed by atoms with Crippen molar-refractivity contribution in [3.05, 3.63) is 0 Å². The molecule has 0 bridgehead atoms. The Labute approximate surface area is 139 Å². The van der Waals surface area contributed by atoms with Crippen LogP contribution in [0.3, 0.4) is 0 Å². The standard InChI is InChI=1S/C16H37BN2Te/c1-12(2)18(13(3)4)17(20-16(9,10)11)19(14(5)6)15(7)8/h12-15H,1-11H3. The second-order valence-electron chi connectivity index (χ2n) is 7.83. The molecule has 0 unspecified atom stereocenters. The normalized spacial score (nSPS) is 13.7. The molecule has 0 aliphatic heterocycles. The van der Waals surface area contributed by atoms with Gasteiger partial charge in [0.1, 0.15) is 0 Å². The Morgan fingerprint density at radius 3 is 1.05 bits per heavy atom. The van der Waals surface area contributed by atoms with Crippen LogP contribution in [0.15, 0.2) is 0 Å². The first-order valence-corrected chi connectivity index (χ1v) is 10.6. The molecule has 0 aromatic heterocycles. The van der Waals surface area contributed by atoms with Crippen LogP contribution in [0.4, 0.5) is 0 Å². The van der Waals surface area contributed by atoms with Crippen molar-refractivity contribution < 1.29 is 0 Å². The molecule has 0 aliphatic carbocycles. The van der Waals surface area contributed by atoms with Crippen molar-refractivity contribution in [1.29, 1.82) is 0 Å². The third-order valence-electron chi connectivity index (χ3n) is 3.35. The van der Waals surface area contributed by atoms with Gasteiger partial charge in [0.25, 0.3) is 0 Å². The van der Waals surface area contributed by atoms with Crippen LogP contribution in [0.25, 0.3) is 0 Å². The molecular weight excluding hydrogens is 359 g/mol. The number of hydrogen-bond donors (Lipinski definition) is 0. The SMILES string of the molecule is CC(C)N(B([Te]C(C)(C)C)N(C(C)C)C(C)C)C(C)C. The van der Waals surface area contributed by atoms with Gasteiger partial charge < -0.3 is 0 Å². The third kappa shape index (κ3) is 6.69. The van der Waals surface area contributed by atoms with E-state index in [1.807, 2.05) is 0 Å². The van der Waals surface area contributed by atoms with Crippen molar-refractivity contribution in [2.75, 3.05) is 0 Å². The molecule has 0 N–H and O–H groups in total. The maximum atomic E-state index is 2.74. The molecule has 0 saturated heterocycles. The van der Waals surface area contributed by atoms with Crippen LogP contribution in [0.1, 0.15) is 76.2 Å². The van der Waals surface area contributed by atoms with Gasteiger partial charge in [-0.2, -0.15) is 0 Å². The van der Waals surface area contributed by atoms with Crippen LogP contribution >= 0.6 is 0 Å². The zero-order chi connectivity index (χ0) is 16.2. The summed E-state index contributed by atoms with van der Waals surface area (Å²) in [4.78, 5) is 6.13. The van der Waals surface area contributed by atoms with Crippen molar-refractivity contribution >= 4 is 25.6 Å². The first-order chi connectivity index (χ1) is 8.88. The molecule has 4 heteroatoms. The van der Waals surface area contributed by atoms with E-state index in [0.29, 0.717) is 32.5 Å². The van der Waals surface area contributed by atoms with Gasteiger partial charge in [0.05, 0.1) is 0 Å². The van der Waals surface area contributed by atoms with Gasteiger partial charge >= 0.3 is 139 Å². The summed E-state index contributed by atoms with van der Waals surface area (Å²) >= 11 is -0.157. The molecule has 0 rings (SSSR count). The van der Waals surface area contributed by atoms with E-state index < -0.39 is 0 Å². The third-order valence-corrected chi connectivity index (χ3v) is 7.36. The fraction of sp³-hybridized carbons (Fsp3) is 1.00. The number of hydrogen-bond acceptors (Lipinski definition) is 2. The Morgan fingerprint density at radius 1 is 0.650 bits per heavy atom. The van der Waals surface area contributed by atoms with E-state index >= 15 is 0 Å². The minimum atomic E-state index is -0.157. The quantitative estimate of drug-likeness (QED) is 0.598. The number of nitrogens with zero attached hydrogens (tertiary/aromatic N) is 2. The molecule has 0 fully saturated rings. The number of rotatable bonds is 7. The Hall–Kier alpha value is 0.775. The fourth-order valence-electron chi connectivity index (χ4n) is 2.80. The summed E-state index contributed by atoms with van der Waals surface area (Å²) in [5.41, 5.74) is 0. The van der Waals surface area contributed by atoms with Crippen LogP contribution in [0.2, 0.25) is 3.46 Å². The van der Waals surface area contributed by atoms with E-state index in [0.717, 1.165) is 0 Å². The molecule has 0 aromatic rings. The molecule has 0 atom stereocenters. The van der Waals surface area contributed by atoms with E-state index in [4.69, 9.17) is 0 Å². The van der Waals surface area contributed by atoms with Gasteiger partial charge in [-0.15, -0.1) is 0 Å². The van der Waals surface area contributed by atoms with Gasteiger partial charge in [-0.3, -0.25) is 0 Å². The molecule has 0 saturated carbocycles. The summed E-state index contributed by atoms with van der Waals surface area (Å²) in [6.07, 6.45) is 0. The summed E-state index contributed by atoms with van der Waals surface area (Å²) in [7, 11) is 0. The molecule has 0 radical (unpaired) electrons. The Bertz CT molecular complexity index is 236. The Morgan fingerprint density at radius 2 is 0.900 bits per heavy atom. The fourth-order valence-corrected chi connectivity index (χ4v) is 8.08. The van der Waals surface area contributed by atoms with E-state index in [1.165, 1.54) is 0 Å². The van der Waals surface area contributed by atoms with E-state index in [-0.39, 0.29) is 20.7 Å². The average molecular weight is 396 g/mol. The summed E-state index contributed by atoms with van der Waals surface area (Å²) in [5.74, 6) is 0. The first kappa shape index (κ1) is 20.8. The van der Waals surface area contributed by atoms with E-state index in [1.54, 1.807) is 0 Å². The summed E-state index contributed by atoms with van der Waals surface area (Å²) in [5, 5.41) is 0. The van der Waals surface area contributed by atoms with Crippen molar-refractivity contribution in [2.45, 2.75) is 104 Å². The van der Waals surface area contributed by atoms with Crippen molar-refractivity contribution in [3.8, 4) is 0 Å². The van der Waals surface area contributed by atoms with Gasteiger partial charge in [0.15, 0.2) is 0 Å². The van der Waals surface area contributed by atoms with Crippen molar-refractivity contribution in [1.82, 2.24) is 9.62 Å². The van der Waals surface area contributed by atoms with E-state index in [2.05, 4.69) is 85.8 Å². The van der Waals surface area contributed by atoms with Gasteiger partial charge in [-0.25, -0.2) is 0 Å². The summed E-state index contributed by atoms with van der Waals surface area (Å²) in [6.45, 7) is 26.0. The second-order valence-corrected chi connectivity index (χ2v) is 13.2. The predicted molar refractivity (Wildman–Crippen MR) is 95.4 cm³/mol. The molecule has 2 nitrogen and oxygen atoms in total. The molecule has 120 valence electrons. The molecular formula is C16H37BN2Te. The Balaban J connectivity index is 5.54. The van der Waals surface area contributed by atoms with Crippen LogP contribution in [-0.2, 0) is 0 Å². The molecule has 0 amide bonds. The van der Waals surface area contributed by atoms with Gasteiger partial charge in [0, 0.05) is 0 Å². The van der Waals surface area contributed by atoms with Gasteiger partial charge in [0.2, 0.25) is 0 Å². The topological polar surface area (TPSA) is 6.48 Å².